The number of nitrogens with one attached hydrogen (secondary N) is 1. The Morgan fingerprint density at radius 3 is 2.59 bits per heavy atom. The van der Waals surface area contributed by atoms with E-state index in [1.54, 1.807) is 15.6 Å². The Labute approximate surface area is 165 Å². The molecule has 27 heavy (non-hydrogen) atoms. The highest BCUT2D eigenvalue weighted by Crippen LogP contribution is 2.20. The normalized spacial score (nSPS) is 11.3. The molecule has 0 amide bonds. The summed E-state index contributed by atoms with van der Waals surface area (Å²) in [7, 11) is 0. The molecule has 8 heteroatoms. The number of benzene rings is 2. The number of nitrogens with zero attached hydrogens (tertiary/aromatic N) is 5. The van der Waals surface area contributed by atoms with Gasteiger partial charge in [0.05, 0.1) is 11.9 Å². The van der Waals surface area contributed by atoms with Gasteiger partial charge >= 0.3 is 0 Å². The first-order chi connectivity index (χ1) is 13.1. The maximum atomic E-state index is 5.92. The molecule has 0 atom stereocenters. The highest BCUT2D eigenvalue weighted by Gasteiger charge is 2.14. The van der Waals surface area contributed by atoms with E-state index in [2.05, 4.69) is 20.4 Å². The summed E-state index contributed by atoms with van der Waals surface area (Å²) in [6.45, 7) is 1.96. The first-order valence-electron chi connectivity index (χ1n) is 8.21. The van der Waals surface area contributed by atoms with Crippen molar-refractivity contribution in [1.29, 1.82) is 0 Å². The van der Waals surface area contributed by atoms with E-state index >= 15 is 0 Å². The van der Waals surface area contributed by atoms with Crippen molar-refractivity contribution >= 4 is 30.0 Å². The van der Waals surface area contributed by atoms with Crippen molar-refractivity contribution in [3.05, 3.63) is 81.7 Å². The lowest BCUT2D eigenvalue weighted by Gasteiger charge is -2.03. The highest BCUT2D eigenvalue weighted by atomic mass is 35.5. The van der Waals surface area contributed by atoms with Crippen LogP contribution in [0.4, 0.5) is 0 Å². The summed E-state index contributed by atoms with van der Waals surface area (Å²) < 4.78 is 3.64. The van der Waals surface area contributed by atoms with Gasteiger partial charge in [-0.05, 0) is 42.9 Å². The second-order valence-corrected chi connectivity index (χ2v) is 6.71. The van der Waals surface area contributed by atoms with Crippen LogP contribution < -0.4 is 0 Å². The van der Waals surface area contributed by atoms with Crippen LogP contribution in [0.25, 0.3) is 17.2 Å². The van der Waals surface area contributed by atoms with Crippen LogP contribution in [0.5, 0.6) is 0 Å². The van der Waals surface area contributed by atoms with Gasteiger partial charge in [0.1, 0.15) is 0 Å². The first-order valence-corrected chi connectivity index (χ1v) is 9.00. The molecular formula is C19H15ClN6S. The minimum absolute atomic E-state index is 0.381. The average molecular weight is 395 g/mol. The minimum atomic E-state index is 0.381. The van der Waals surface area contributed by atoms with Crippen molar-refractivity contribution in [2.75, 3.05) is 0 Å². The lowest BCUT2D eigenvalue weighted by molar-refractivity contribution is 0.721. The molecule has 0 saturated heterocycles. The van der Waals surface area contributed by atoms with E-state index in [-0.39, 0.29) is 0 Å². The Balaban J connectivity index is 1.73. The molecule has 0 aliphatic carbocycles. The standard InChI is InChI=1S/C19H15ClN6S/c1-13-11-17(15-5-3-2-4-6-15)24-25(13)18-22-23-19(27)26(18)21-12-14-7-9-16(20)10-8-14/h2-12H,1H3,(H,23,27)/b21-12+. The number of halogens is 1. The van der Waals surface area contributed by atoms with Gasteiger partial charge in [-0.1, -0.05) is 54.1 Å². The zero-order chi connectivity index (χ0) is 18.8. The van der Waals surface area contributed by atoms with E-state index in [0.29, 0.717) is 15.7 Å². The molecule has 2 aromatic carbocycles. The summed E-state index contributed by atoms with van der Waals surface area (Å²) in [5, 5.41) is 16.9. The third kappa shape index (κ3) is 3.60. The van der Waals surface area contributed by atoms with Gasteiger partial charge in [0, 0.05) is 16.3 Å². The lowest BCUT2D eigenvalue weighted by Crippen LogP contribution is -2.07. The molecular weight excluding hydrogens is 380 g/mol. The van der Waals surface area contributed by atoms with Gasteiger partial charge in [-0.25, -0.2) is 9.78 Å². The molecule has 0 bridgehead atoms. The maximum Gasteiger partial charge on any atom is 0.271 e. The molecule has 0 radical (unpaired) electrons. The second-order valence-electron chi connectivity index (χ2n) is 5.89. The van der Waals surface area contributed by atoms with Gasteiger partial charge < -0.3 is 0 Å². The summed E-state index contributed by atoms with van der Waals surface area (Å²) in [6, 6.07) is 19.3. The van der Waals surface area contributed by atoms with Crippen LogP contribution in [0.15, 0.2) is 65.8 Å². The first kappa shape index (κ1) is 17.4. The number of aromatic amines is 1. The van der Waals surface area contributed by atoms with Crippen LogP contribution in [0.3, 0.4) is 0 Å². The van der Waals surface area contributed by atoms with E-state index in [1.165, 1.54) is 0 Å². The second kappa shape index (κ2) is 7.30. The Morgan fingerprint density at radius 2 is 1.85 bits per heavy atom. The van der Waals surface area contributed by atoms with Gasteiger partial charge in [-0.3, -0.25) is 0 Å². The Morgan fingerprint density at radius 1 is 1.11 bits per heavy atom. The molecule has 4 aromatic rings. The monoisotopic (exact) mass is 394 g/mol. The van der Waals surface area contributed by atoms with Crippen LogP contribution in [-0.4, -0.2) is 30.9 Å². The predicted molar refractivity (Wildman–Crippen MR) is 109 cm³/mol. The van der Waals surface area contributed by atoms with Gasteiger partial charge in [-0.15, -0.1) is 5.10 Å². The van der Waals surface area contributed by atoms with Crippen LogP contribution in [0.1, 0.15) is 11.3 Å². The van der Waals surface area contributed by atoms with E-state index in [9.17, 15) is 0 Å². The van der Waals surface area contributed by atoms with Crippen LogP contribution in [0, 0.1) is 11.7 Å². The number of H-pyrrole nitrogens is 1. The van der Waals surface area contributed by atoms with Crippen molar-refractivity contribution < 1.29 is 0 Å². The molecule has 0 unspecified atom stereocenters. The fourth-order valence-electron chi connectivity index (χ4n) is 2.62. The number of aromatic nitrogens is 5. The van der Waals surface area contributed by atoms with Crippen molar-refractivity contribution in [3.8, 4) is 17.2 Å². The molecule has 4 rings (SSSR count). The summed E-state index contributed by atoms with van der Waals surface area (Å²) in [6.07, 6.45) is 1.70. The van der Waals surface area contributed by atoms with Crippen LogP contribution >= 0.6 is 23.8 Å². The summed E-state index contributed by atoms with van der Waals surface area (Å²) in [4.78, 5) is 0. The third-order valence-electron chi connectivity index (χ3n) is 3.97. The highest BCUT2D eigenvalue weighted by molar-refractivity contribution is 7.71. The van der Waals surface area contributed by atoms with Crippen LogP contribution in [-0.2, 0) is 0 Å². The Hall–Kier alpha value is -3.03. The minimum Gasteiger partial charge on any atom is -0.248 e. The zero-order valence-electron chi connectivity index (χ0n) is 14.4. The fourth-order valence-corrected chi connectivity index (χ4v) is 2.93. The molecule has 0 saturated carbocycles. The quantitative estimate of drug-likeness (QED) is 0.405. The average Bonchev–Trinajstić information content (AvgIpc) is 3.24. The zero-order valence-corrected chi connectivity index (χ0v) is 15.9. The largest absolute Gasteiger partial charge is 0.271 e. The third-order valence-corrected chi connectivity index (χ3v) is 4.49. The lowest BCUT2D eigenvalue weighted by atomic mass is 10.1. The fraction of sp³-hybridized carbons (Fsp3) is 0.0526. The van der Waals surface area contributed by atoms with Gasteiger partial charge in [-0.2, -0.15) is 14.9 Å². The molecule has 6 nitrogen and oxygen atoms in total. The van der Waals surface area contributed by atoms with Crippen molar-refractivity contribution in [2.24, 2.45) is 5.10 Å². The SMILES string of the molecule is Cc1cc(-c2ccccc2)nn1-c1n[nH]c(=S)n1/N=C/c1ccc(Cl)cc1. The topological polar surface area (TPSA) is 63.8 Å². The summed E-state index contributed by atoms with van der Waals surface area (Å²) in [5.74, 6) is 0.491. The number of hydrogen-bond acceptors (Lipinski definition) is 4. The molecule has 2 aromatic heterocycles. The number of hydrogen-bond donors (Lipinski definition) is 1. The molecule has 0 aliphatic rings. The summed E-state index contributed by atoms with van der Waals surface area (Å²) >= 11 is 11.2. The van der Waals surface area contributed by atoms with Crippen molar-refractivity contribution in [3.63, 3.8) is 0 Å². The summed E-state index contributed by atoms with van der Waals surface area (Å²) in [5.41, 5.74) is 3.71. The van der Waals surface area contributed by atoms with Gasteiger partial charge in [0.15, 0.2) is 0 Å². The molecule has 0 aliphatic heterocycles. The molecule has 2 heterocycles. The Bertz CT molecular complexity index is 1160. The smallest absolute Gasteiger partial charge is 0.248 e. The van der Waals surface area contributed by atoms with E-state index in [1.807, 2.05) is 67.6 Å². The van der Waals surface area contributed by atoms with Crippen LogP contribution in [0.2, 0.25) is 5.02 Å². The Kier molecular flexibility index (Phi) is 4.70. The molecule has 1 N–H and O–H groups in total. The van der Waals surface area contributed by atoms with E-state index < -0.39 is 0 Å². The van der Waals surface area contributed by atoms with Gasteiger partial charge in [0.2, 0.25) is 4.77 Å². The molecule has 0 spiro atoms. The van der Waals surface area contributed by atoms with E-state index in [0.717, 1.165) is 22.5 Å². The number of aryl methyl sites for hydroxylation is 1. The maximum absolute atomic E-state index is 5.92. The predicted octanol–water partition coefficient (Wildman–Crippen LogP) is 4.64. The van der Waals surface area contributed by atoms with Crippen molar-refractivity contribution in [1.82, 2.24) is 24.7 Å². The van der Waals surface area contributed by atoms with Crippen molar-refractivity contribution in [2.45, 2.75) is 6.92 Å². The molecule has 134 valence electrons. The molecule has 0 fully saturated rings. The van der Waals surface area contributed by atoms with Gasteiger partial charge in [0.25, 0.3) is 5.95 Å². The number of rotatable bonds is 4. The van der Waals surface area contributed by atoms with E-state index in [4.69, 9.17) is 23.8 Å².